The van der Waals surface area contributed by atoms with Crippen molar-refractivity contribution >= 4 is 42.6 Å². The molecule has 0 aliphatic carbocycles. The maximum atomic E-state index is 3.69. The molecule has 2 heteroatoms. The first-order valence-electron chi connectivity index (χ1n) is 9.56. The maximum absolute atomic E-state index is 3.69. The van der Waals surface area contributed by atoms with Crippen molar-refractivity contribution in [3.63, 3.8) is 0 Å². The van der Waals surface area contributed by atoms with Gasteiger partial charge in [0.2, 0.25) is 0 Å². The van der Waals surface area contributed by atoms with E-state index in [0.29, 0.717) is 0 Å². The van der Waals surface area contributed by atoms with Crippen LogP contribution in [0.2, 0.25) is 0 Å². The van der Waals surface area contributed by atoms with Crippen molar-refractivity contribution in [1.82, 2.24) is 0 Å². The Kier molecular flexibility index (Phi) is 8.83. The van der Waals surface area contributed by atoms with Gasteiger partial charge in [0, 0.05) is 8.95 Å². The molecule has 0 radical (unpaired) electrons. The van der Waals surface area contributed by atoms with Crippen LogP contribution in [-0.4, -0.2) is 0 Å². The molecule has 0 N–H and O–H groups in total. The maximum Gasteiger partial charge on any atom is 0.0323 e. The van der Waals surface area contributed by atoms with Crippen molar-refractivity contribution in [3.05, 3.63) is 44.3 Å². The fourth-order valence-electron chi connectivity index (χ4n) is 3.38. The second kappa shape index (κ2) is 10.6. The van der Waals surface area contributed by atoms with Gasteiger partial charge in [-0.25, -0.2) is 0 Å². The highest BCUT2D eigenvalue weighted by molar-refractivity contribution is 9.13. The first-order chi connectivity index (χ1) is 11.7. The Bertz CT molecular complexity index is 589. The fourth-order valence-corrected chi connectivity index (χ4v) is 4.07. The number of benzene rings is 2. The second-order valence-electron chi connectivity index (χ2n) is 6.82. The Balaban J connectivity index is 2.24. The van der Waals surface area contributed by atoms with Crippen LogP contribution in [0.1, 0.15) is 76.3 Å². The molecule has 0 spiro atoms. The molecule has 0 heterocycles. The van der Waals surface area contributed by atoms with E-state index in [1.54, 1.807) is 0 Å². The molecule has 0 aliphatic heterocycles. The number of hydrogen-bond acceptors (Lipinski definition) is 0. The SMILES string of the molecule is CCCCCCc1ccc(CCCCCC)c2cc(Br)c(Br)cc12. The van der Waals surface area contributed by atoms with Crippen LogP contribution in [-0.2, 0) is 12.8 Å². The average Bonchev–Trinajstić information content (AvgIpc) is 2.58. The van der Waals surface area contributed by atoms with Gasteiger partial charge in [-0.1, -0.05) is 64.5 Å². The third-order valence-electron chi connectivity index (χ3n) is 4.84. The van der Waals surface area contributed by atoms with E-state index >= 15 is 0 Å². The van der Waals surface area contributed by atoms with Gasteiger partial charge in [0.25, 0.3) is 0 Å². The van der Waals surface area contributed by atoms with Gasteiger partial charge in [-0.15, -0.1) is 0 Å². The van der Waals surface area contributed by atoms with E-state index in [2.05, 4.69) is 70.0 Å². The highest BCUT2D eigenvalue weighted by Crippen LogP contribution is 2.33. The summed E-state index contributed by atoms with van der Waals surface area (Å²) in [6.45, 7) is 4.55. The van der Waals surface area contributed by atoms with Crippen LogP contribution in [0.3, 0.4) is 0 Å². The molecule has 0 saturated heterocycles. The summed E-state index contributed by atoms with van der Waals surface area (Å²) in [4.78, 5) is 0. The monoisotopic (exact) mass is 452 g/mol. The predicted molar refractivity (Wildman–Crippen MR) is 115 cm³/mol. The number of unbranched alkanes of at least 4 members (excludes halogenated alkanes) is 6. The van der Waals surface area contributed by atoms with E-state index in [1.165, 1.54) is 86.1 Å². The summed E-state index contributed by atoms with van der Waals surface area (Å²) < 4.78 is 2.32. The lowest BCUT2D eigenvalue weighted by molar-refractivity contribution is 0.665. The Morgan fingerprint density at radius 1 is 0.625 bits per heavy atom. The molecule has 0 nitrogen and oxygen atoms in total. The van der Waals surface area contributed by atoms with Gasteiger partial charge in [-0.05, 0) is 91.6 Å². The Hall–Kier alpha value is -0.340. The van der Waals surface area contributed by atoms with Crippen LogP contribution in [0.15, 0.2) is 33.2 Å². The summed E-state index contributed by atoms with van der Waals surface area (Å²) in [7, 11) is 0. The highest BCUT2D eigenvalue weighted by Gasteiger charge is 2.09. The summed E-state index contributed by atoms with van der Waals surface area (Å²) >= 11 is 7.39. The van der Waals surface area contributed by atoms with E-state index in [-0.39, 0.29) is 0 Å². The summed E-state index contributed by atoms with van der Waals surface area (Å²) in [6, 6.07) is 9.38. The summed E-state index contributed by atoms with van der Waals surface area (Å²) in [5.74, 6) is 0. The smallest absolute Gasteiger partial charge is 0.0323 e. The van der Waals surface area contributed by atoms with Crippen molar-refractivity contribution in [3.8, 4) is 0 Å². The Morgan fingerprint density at radius 3 is 1.42 bits per heavy atom. The normalized spacial score (nSPS) is 11.3. The zero-order chi connectivity index (χ0) is 17.4. The van der Waals surface area contributed by atoms with Gasteiger partial charge in [0.05, 0.1) is 0 Å². The van der Waals surface area contributed by atoms with Crippen LogP contribution in [0, 0.1) is 0 Å². The minimum Gasteiger partial charge on any atom is -0.0654 e. The molecule has 2 aromatic rings. The molecule has 0 unspecified atom stereocenters. The number of rotatable bonds is 10. The quantitative estimate of drug-likeness (QED) is 0.315. The van der Waals surface area contributed by atoms with E-state index in [9.17, 15) is 0 Å². The molecule has 132 valence electrons. The van der Waals surface area contributed by atoms with Gasteiger partial charge >= 0.3 is 0 Å². The number of hydrogen-bond donors (Lipinski definition) is 0. The number of aryl methyl sites for hydroxylation is 2. The molecule has 2 aromatic carbocycles. The molecular formula is C22H30Br2. The zero-order valence-corrected chi connectivity index (χ0v) is 18.3. The molecule has 0 atom stereocenters. The molecule has 0 bridgehead atoms. The van der Waals surface area contributed by atoms with E-state index < -0.39 is 0 Å². The van der Waals surface area contributed by atoms with Crippen LogP contribution < -0.4 is 0 Å². The molecule has 24 heavy (non-hydrogen) atoms. The Labute approximate surface area is 164 Å². The molecule has 0 amide bonds. The number of halogens is 2. The zero-order valence-electron chi connectivity index (χ0n) is 15.1. The standard InChI is InChI=1S/C22H30Br2/c1-3-5-7-9-11-17-13-14-18(12-10-8-6-4-2)20-16-22(24)21(23)15-19(17)20/h13-16H,3-12H2,1-2H3. The molecule has 0 aromatic heterocycles. The molecule has 2 rings (SSSR count). The summed E-state index contributed by atoms with van der Waals surface area (Å²) in [5.41, 5.74) is 3.01. The lowest BCUT2D eigenvalue weighted by Gasteiger charge is -2.13. The third kappa shape index (κ3) is 5.59. The molecule has 0 aliphatic rings. The second-order valence-corrected chi connectivity index (χ2v) is 8.53. The van der Waals surface area contributed by atoms with Crippen molar-refractivity contribution < 1.29 is 0 Å². The van der Waals surface area contributed by atoms with Crippen LogP contribution in [0.4, 0.5) is 0 Å². The van der Waals surface area contributed by atoms with Gasteiger partial charge in [-0.2, -0.15) is 0 Å². The Morgan fingerprint density at radius 2 is 1.04 bits per heavy atom. The van der Waals surface area contributed by atoms with Gasteiger partial charge in [0.1, 0.15) is 0 Å². The van der Waals surface area contributed by atoms with Crippen molar-refractivity contribution in [1.29, 1.82) is 0 Å². The molecular weight excluding hydrogens is 424 g/mol. The number of fused-ring (bicyclic) bond motifs is 1. The lowest BCUT2D eigenvalue weighted by atomic mass is 9.93. The van der Waals surface area contributed by atoms with Gasteiger partial charge in [0.15, 0.2) is 0 Å². The molecule has 0 saturated carbocycles. The highest BCUT2D eigenvalue weighted by atomic mass is 79.9. The van der Waals surface area contributed by atoms with Crippen LogP contribution in [0.5, 0.6) is 0 Å². The topological polar surface area (TPSA) is 0 Å². The lowest BCUT2D eigenvalue weighted by Crippen LogP contribution is -1.94. The van der Waals surface area contributed by atoms with E-state index in [0.717, 1.165) is 8.95 Å². The fraction of sp³-hybridized carbons (Fsp3) is 0.545. The van der Waals surface area contributed by atoms with Crippen molar-refractivity contribution in [2.45, 2.75) is 78.1 Å². The predicted octanol–water partition coefficient (Wildman–Crippen LogP) is 8.61. The minimum atomic E-state index is 1.16. The average molecular weight is 454 g/mol. The van der Waals surface area contributed by atoms with Crippen LogP contribution in [0.25, 0.3) is 10.8 Å². The first-order valence-corrected chi connectivity index (χ1v) is 11.2. The third-order valence-corrected chi connectivity index (χ3v) is 6.68. The van der Waals surface area contributed by atoms with Crippen molar-refractivity contribution in [2.75, 3.05) is 0 Å². The molecule has 0 fully saturated rings. The first kappa shape index (κ1) is 20.0. The minimum absolute atomic E-state index is 1.16. The van der Waals surface area contributed by atoms with E-state index in [4.69, 9.17) is 0 Å². The van der Waals surface area contributed by atoms with E-state index in [1.807, 2.05) is 0 Å². The summed E-state index contributed by atoms with van der Waals surface area (Å²) in [6.07, 6.45) is 13.0. The largest absolute Gasteiger partial charge is 0.0654 e. The van der Waals surface area contributed by atoms with Crippen molar-refractivity contribution in [2.24, 2.45) is 0 Å². The van der Waals surface area contributed by atoms with Gasteiger partial charge < -0.3 is 0 Å². The van der Waals surface area contributed by atoms with Crippen LogP contribution >= 0.6 is 31.9 Å². The summed E-state index contributed by atoms with van der Waals surface area (Å²) in [5, 5.41) is 2.88. The van der Waals surface area contributed by atoms with Gasteiger partial charge in [-0.3, -0.25) is 0 Å².